The third kappa shape index (κ3) is 3.97. The third-order valence-electron chi connectivity index (χ3n) is 4.45. The van der Waals surface area contributed by atoms with Crippen molar-refractivity contribution in [3.05, 3.63) is 30.4 Å². The molecule has 3 rings (SSSR count). The zero-order valence-electron chi connectivity index (χ0n) is 14.2. The number of rotatable bonds is 5. The Labute approximate surface area is 141 Å². The van der Waals surface area contributed by atoms with Crippen molar-refractivity contribution in [2.24, 2.45) is 5.92 Å². The molecule has 2 aromatic heterocycles. The Kier molecular flexibility index (Phi) is 5.20. The van der Waals surface area contributed by atoms with Crippen molar-refractivity contribution in [2.75, 3.05) is 13.1 Å². The summed E-state index contributed by atoms with van der Waals surface area (Å²) >= 11 is 0. The number of nitrogens with zero attached hydrogens (tertiary/aromatic N) is 4. The van der Waals surface area contributed by atoms with E-state index in [2.05, 4.69) is 44.2 Å². The van der Waals surface area contributed by atoms with Gasteiger partial charge in [0.05, 0.1) is 12.5 Å². The van der Waals surface area contributed by atoms with Gasteiger partial charge in [0.2, 0.25) is 5.91 Å². The van der Waals surface area contributed by atoms with Gasteiger partial charge >= 0.3 is 0 Å². The van der Waals surface area contributed by atoms with E-state index < -0.39 is 0 Å². The monoisotopic (exact) mass is 328 g/mol. The molecule has 128 valence electrons. The molecule has 0 aromatic carbocycles. The van der Waals surface area contributed by atoms with E-state index in [1.54, 1.807) is 12.4 Å². The van der Waals surface area contributed by atoms with Crippen LogP contribution in [0.5, 0.6) is 0 Å². The van der Waals surface area contributed by atoms with Gasteiger partial charge in [-0.2, -0.15) is 5.10 Å². The predicted octanol–water partition coefficient (Wildman–Crippen LogP) is 1.60. The lowest BCUT2D eigenvalue weighted by atomic mass is 9.96. The molecule has 0 saturated carbocycles. The zero-order valence-corrected chi connectivity index (χ0v) is 14.2. The highest BCUT2D eigenvalue weighted by Crippen LogP contribution is 2.18. The molecule has 7 nitrogen and oxygen atoms in total. The first-order valence-electron chi connectivity index (χ1n) is 8.47. The summed E-state index contributed by atoms with van der Waals surface area (Å²) in [5, 5.41) is 10.1. The minimum absolute atomic E-state index is 0.0590. The molecule has 0 bridgehead atoms. The molecule has 2 aromatic rings. The number of hydrogen-bond acceptors (Lipinski definition) is 5. The van der Waals surface area contributed by atoms with Crippen LogP contribution < -0.4 is 5.32 Å². The van der Waals surface area contributed by atoms with Crippen molar-refractivity contribution in [1.29, 1.82) is 0 Å². The van der Waals surface area contributed by atoms with Crippen LogP contribution >= 0.6 is 0 Å². The van der Waals surface area contributed by atoms with Crippen molar-refractivity contribution < 1.29 is 4.79 Å². The quantitative estimate of drug-likeness (QED) is 0.870. The van der Waals surface area contributed by atoms with E-state index in [-0.39, 0.29) is 11.8 Å². The molecule has 1 aliphatic heterocycles. The Bertz CT molecular complexity index is 669. The molecule has 1 atom stereocenters. The van der Waals surface area contributed by atoms with E-state index in [1.165, 1.54) is 0 Å². The molecule has 7 heteroatoms. The average Bonchev–Trinajstić information content (AvgIpc) is 3.09. The van der Waals surface area contributed by atoms with Gasteiger partial charge in [0.1, 0.15) is 5.82 Å². The van der Waals surface area contributed by atoms with Gasteiger partial charge in [0.15, 0.2) is 5.82 Å². The largest absolute Gasteiger partial charge is 0.349 e. The van der Waals surface area contributed by atoms with Gasteiger partial charge < -0.3 is 10.2 Å². The maximum absolute atomic E-state index is 12.4. The van der Waals surface area contributed by atoms with Crippen molar-refractivity contribution >= 4 is 5.91 Å². The number of hydrogen-bond donors (Lipinski definition) is 2. The van der Waals surface area contributed by atoms with Gasteiger partial charge in [-0.3, -0.25) is 14.9 Å². The highest BCUT2D eigenvalue weighted by atomic mass is 16.1. The van der Waals surface area contributed by atoms with Crippen LogP contribution in [0.3, 0.4) is 0 Å². The number of likely N-dealkylation sites (tertiary alicyclic amines) is 1. The number of H-pyrrole nitrogens is 1. The van der Waals surface area contributed by atoms with Gasteiger partial charge in [-0.25, -0.2) is 4.98 Å². The molecule has 0 aliphatic carbocycles. The van der Waals surface area contributed by atoms with Gasteiger partial charge in [-0.15, -0.1) is 0 Å². The van der Waals surface area contributed by atoms with Gasteiger partial charge in [0, 0.05) is 30.5 Å². The summed E-state index contributed by atoms with van der Waals surface area (Å²) in [6.07, 6.45) is 5.44. The number of aromatic nitrogens is 4. The highest BCUT2D eigenvalue weighted by Gasteiger charge is 2.26. The van der Waals surface area contributed by atoms with Gasteiger partial charge in [-0.05, 0) is 45.4 Å². The SMILES string of the molecule is CC(C)N1CCCC(C(=O)NCc2nc(-c3ccncc3)n[nH]2)C1. The highest BCUT2D eigenvalue weighted by molar-refractivity contribution is 5.78. The molecule has 1 amide bonds. The van der Waals surface area contributed by atoms with Crippen molar-refractivity contribution in [2.45, 2.75) is 39.3 Å². The van der Waals surface area contributed by atoms with Gasteiger partial charge in [-0.1, -0.05) is 0 Å². The zero-order chi connectivity index (χ0) is 16.9. The van der Waals surface area contributed by atoms with E-state index >= 15 is 0 Å². The summed E-state index contributed by atoms with van der Waals surface area (Å²) < 4.78 is 0. The van der Waals surface area contributed by atoms with Crippen molar-refractivity contribution in [3.63, 3.8) is 0 Å². The average molecular weight is 328 g/mol. The second-order valence-electron chi connectivity index (χ2n) is 6.49. The van der Waals surface area contributed by atoms with E-state index in [9.17, 15) is 4.79 Å². The summed E-state index contributed by atoms with van der Waals surface area (Å²) in [4.78, 5) is 23.2. The molecule has 1 aliphatic rings. The Balaban J connectivity index is 1.54. The summed E-state index contributed by atoms with van der Waals surface area (Å²) in [6, 6.07) is 4.19. The lowest BCUT2D eigenvalue weighted by Crippen LogP contribution is -2.45. The van der Waals surface area contributed by atoms with Crippen molar-refractivity contribution in [3.8, 4) is 11.4 Å². The first-order valence-corrected chi connectivity index (χ1v) is 8.47. The van der Waals surface area contributed by atoms with E-state index in [0.29, 0.717) is 24.2 Å². The van der Waals surface area contributed by atoms with Crippen LogP contribution in [0.15, 0.2) is 24.5 Å². The van der Waals surface area contributed by atoms with Crippen LogP contribution in [-0.2, 0) is 11.3 Å². The Morgan fingerprint density at radius 1 is 1.42 bits per heavy atom. The molecule has 1 unspecified atom stereocenters. The molecule has 2 N–H and O–H groups in total. The number of aromatic amines is 1. The van der Waals surface area contributed by atoms with Gasteiger partial charge in [0.25, 0.3) is 0 Å². The summed E-state index contributed by atoms with van der Waals surface area (Å²) in [5.74, 6) is 1.43. The number of nitrogens with one attached hydrogen (secondary N) is 2. The maximum atomic E-state index is 12.4. The number of carbonyl (C=O) groups excluding carboxylic acids is 1. The van der Waals surface area contributed by atoms with Crippen LogP contribution in [0.25, 0.3) is 11.4 Å². The number of amides is 1. The first-order chi connectivity index (χ1) is 11.6. The second-order valence-corrected chi connectivity index (χ2v) is 6.49. The number of pyridine rings is 1. The first kappa shape index (κ1) is 16.6. The fourth-order valence-corrected chi connectivity index (χ4v) is 3.01. The smallest absolute Gasteiger partial charge is 0.224 e. The van der Waals surface area contributed by atoms with E-state index in [4.69, 9.17) is 0 Å². The fraction of sp³-hybridized carbons (Fsp3) is 0.529. The van der Waals surface area contributed by atoms with Crippen LogP contribution in [0.2, 0.25) is 0 Å². The van der Waals surface area contributed by atoms with E-state index in [0.717, 1.165) is 31.5 Å². The number of piperidine rings is 1. The molecule has 0 radical (unpaired) electrons. The molecule has 0 spiro atoms. The molecular formula is C17H24N6O. The summed E-state index contributed by atoms with van der Waals surface area (Å²) in [6.45, 7) is 6.64. The predicted molar refractivity (Wildman–Crippen MR) is 90.9 cm³/mol. The summed E-state index contributed by atoms with van der Waals surface area (Å²) in [5.41, 5.74) is 0.902. The van der Waals surface area contributed by atoms with Crippen molar-refractivity contribution in [1.82, 2.24) is 30.4 Å². The number of carbonyl (C=O) groups is 1. The normalized spacial score (nSPS) is 18.7. The molecular weight excluding hydrogens is 304 g/mol. The maximum Gasteiger partial charge on any atom is 0.224 e. The topological polar surface area (TPSA) is 86.8 Å². The molecule has 3 heterocycles. The Hall–Kier alpha value is -2.28. The summed E-state index contributed by atoms with van der Waals surface area (Å²) in [7, 11) is 0. The van der Waals surface area contributed by atoms with Crippen LogP contribution in [0.4, 0.5) is 0 Å². The lowest BCUT2D eigenvalue weighted by molar-refractivity contribution is -0.127. The second kappa shape index (κ2) is 7.53. The van der Waals surface area contributed by atoms with Crippen LogP contribution in [-0.4, -0.2) is 50.1 Å². The minimum atomic E-state index is 0.0590. The Morgan fingerprint density at radius 3 is 2.96 bits per heavy atom. The molecule has 24 heavy (non-hydrogen) atoms. The lowest BCUT2D eigenvalue weighted by Gasteiger charge is -2.34. The Morgan fingerprint density at radius 2 is 2.21 bits per heavy atom. The van der Waals surface area contributed by atoms with Crippen LogP contribution in [0, 0.1) is 5.92 Å². The molecule has 1 saturated heterocycles. The van der Waals surface area contributed by atoms with Crippen LogP contribution in [0.1, 0.15) is 32.5 Å². The standard InChI is InChI=1S/C17H24N6O/c1-12(2)23-9-3-4-14(11-23)17(24)19-10-15-20-16(22-21-15)13-5-7-18-8-6-13/h5-8,12,14H,3-4,9-11H2,1-2H3,(H,19,24)(H,20,21,22). The third-order valence-corrected chi connectivity index (χ3v) is 4.45. The van der Waals surface area contributed by atoms with E-state index in [1.807, 2.05) is 12.1 Å². The molecule has 1 fully saturated rings. The minimum Gasteiger partial charge on any atom is -0.349 e. The fourth-order valence-electron chi connectivity index (χ4n) is 3.01.